The van der Waals surface area contributed by atoms with Gasteiger partial charge in [-0.15, -0.1) is 0 Å². The molecule has 0 fully saturated rings. The number of hydrogen-bond donors (Lipinski definition) is 0. The number of unbranched alkanes of at least 4 members (excludes halogenated alkanes) is 30. The highest BCUT2D eigenvalue weighted by atomic mass is 31.2. The summed E-state index contributed by atoms with van der Waals surface area (Å²) in [4.78, 5) is 0. The van der Waals surface area contributed by atoms with Crippen LogP contribution in [-0.2, 0) is 13.6 Å². The van der Waals surface area contributed by atoms with Gasteiger partial charge in [0.25, 0.3) is 0 Å². The van der Waals surface area contributed by atoms with Crippen molar-refractivity contribution in [2.45, 2.75) is 226 Å². The first-order valence-corrected chi connectivity index (χ1v) is 21.3. The third-order valence-corrected chi connectivity index (χ3v) is 11.0. The molecule has 0 aromatic rings. The minimum absolute atomic E-state index is 0.481. The molecule has 0 aliphatic heterocycles. The molecule has 254 valence electrons. The van der Waals surface area contributed by atoms with Crippen LogP contribution in [0.5, 0.6) is 0 Å². The minimum atomic E-state index is -2.90. The van der Waals surface area contributed by atoms with E-state index in [1.807, 2.05) is 6.92 Å². The van der Waals surface area contributed by atoms with Crippen molar-refractivity contribution in [2.24, 2.45) is 0 Å². The van der Waals surface area contributed by atoms with Gasteiger partial charge in [0.15, 0.2) is 0 Å². The molecule has 0 aliphatic rings. The van der Waals surface area contributed by atoms with E-state index < -0.39 is 7.60 Å². The third kappa shape index (κ3) is 33.1. The predicted molar refractivity (Wildman–Crippen MR) is 189 cm³/mol. The Hall–Kier alpha value is 0.150. The largest absolute Gasteiger partial charge is 0.330 e. The second-order valence-electron chi connectivity index (χ2n) is 13.2. The first kappa shape index (κ1) is 42.1. The normalized spacial score (nSPS) is 13.1. The van der Waals surface area contributed by atoms with Crippen molar-refractivity contribution in [3.05, 3.63) is 0 Å². The van der Waals surface area contributed by atoms with Crippen LogP contribution in [0.3, 0.4) is 0 Å². The Labute approximate surface area is 266 Å². The van der Waals surface area contributed by atoms with Crippen LogP contribution < -0.4 is 0 Å². The summed E-state index contributed by atoms with van der Waals surface area (Å²) in [5.41, 5.74) is 0. The van der Waals surface area contributed by atoms with Crippen molar-refractivity contribution in [3.8, 4) is 0 Å². The zero-order valence-electron chi connectivity index (χ0n) is 29.4. The minimum Gasteiger partial charge on any atom is -0.309 e. The highest BCUT2D eigenvalue weighted by Crippen LogP contribution is 2.49. The Bertz CT molecular complexity index is 538. The zero-order chi connectivity index (χ0) is 30.7. The Kier molecular flexibility index (Phi) is 35.8. The lowest BCUT2D eigenvalue weighted by Gasteiger charge is -2.17. The summed E-state index contributed by atoms with van der Waals surface area (Å²) in [6.45, 7) is 7.58. The number of rotatable bonds is 37. The van der Waals surface area contributed by atoms with Crippen LogP contribution in [0.15, 0.2) is 0 Å². The van der Waals surface area contributed by atoms with Crippen LogP contribution in [0.2, 0.25) is 0 Å². The van der Waals surface area contributed by atoms with Gasteiger partial charge in [-0.25, -0.2) is 0 Å². The molecule has 0 aliphatic carbocycles. The average Bonchev–Trinajstić information content (AvgIpc) is 2.98. The van der Waals surface area contributed by atoms with Gasteiger partial charge in [-0.2, -0.15) is 0 Å². The molecule has 0 spiro atoms. The van der Waals surface area contributed by atoms with E-state index in [2.05, 4.69) is 13.8 Å². The van der Waals surface area contributed by atoms with E-state index in [9.17, 15) is 4.57 Å². The second kappa shape index (κ2) is 35.6. The summed E-state index contributed by atoms with van der Waals surface area (Å²) < 4.78 is 24.5. The summed E-state index contributed by atoms with van der Waals surface area (Å²) >= 11 is 0. The van der Waals surface area contributed by atoms with E-state index in [-0.39, 0.29) is 0 Å². The quantitative estimate of drug-likeness (QED) is 0.0516. The first-order valence-electron chi connectivity index (χ1n) is 19.6. The van der Waals surface area contributed by atoms with Gasteiger partial charge in [0.05, 0.1) is 19.4 Å². The number of hydrogen-bond acceptors (Lipinski definition) is 3. The lowest BCUT2D eigenvalue weighted by molar-refractivity contribution is 0.207. The summed E-state index contributed by atoms with van der Waals surface area (Å²) in [6.07, 6.45) is 44.1. The van der Waals surface area contributed by atoms with Gasteiger partial charge in [0, 0.05) is 0 Å². The smallest absolute Gasteiger partial charge is 0.309 e. The molecule has 0 aromatic carbocycles. The molecule has 42 heavy (non-hydrogen) atoms. The van der Waals surface area contributed by atoms with Gasteiger partial charge in [0.2, 0.25) is 0 Å². The summed E-state index contributed by atoms with van der Waals surface area (Å²) in [7, 11) is -2.90. The topological polar surface area (TPSA) is 35.5 Å². The van der Waals surface area contributed by atoms with Crippen LogP contribution in [0, 0.1) is 0 Å². The molecule has 0 saturated heterocycles. The predicted octanol–water partition coefficient (Wildman–Crippen LogP) is 14.8. The summed E-state index contributed by atoms with van der Waals surface area (Å²) in [5, 5.41) is 0. The zero-order valence-corrected chi connectivity index (χ0v) is 30.3. The van der Waals surface area contributed by atoms with E-state index in [0.717, 1.165) is 19.3 Å². The average molecular weight is 615 g/mol. The van der Waals surface area contributed by atoms with Gasteiger partial charge < -0.3 is 9.05 Å². The van der Waals surface area contributed by atoms with Crippen LogP contribution in [0.25, 0.3) is 0 Å². The Morgan fingerprint density at radius 1 is 0.333 bits per heavy atom. The molecule has 0 bridgehead atoms. The van der Waals surface area contributed by atoms with Crippen molar-refractivity contribution in [3.63, 3.8) is 0 Å². The van der Waals surface area contributed by atoms with Crippen LogP contribution >= 0.6 is 7.60 Å². The van der Waals surface area contributed by atoms with Crippen LogP contribution in [-0.4, -0.2) is 19.4 Å². The molecule has 0 rings (SSSR count). The lowest BCUT2D eigenvalue weighted by atomic mass is 10.0. The fourth-order valence-electron chi connectivity index (χ4n) is 6.07. The molecule has 4 heteroatoms. The maximum absolute atomic E-state index is 13.1. The van der Waals surface area contributed by atoms with E-state index >= 15 is 0 Å². The van der Waals surface area contributed by atoms with E-state index in [4.69, 9.17) is 9.05 Å². The van der Waals surface area contributed by atoms with Gasteiger partial charge in [-0.3, -0.25) is 4.57 Å². The van der Waals surface area contributed by atoms with Crippen LogP contribution in [0.4, 0.5) is 0 Å². The van der Waals surface area contributed by atoms with Crippen molar-refractivity contribution < 1.29 is 13.6 Å². The molecule has 1 unspecified atom stereocenters. The Morgan fingerprint density at radius 2 is 0.595 bits per heavy atom. The first-order chi connectivity index (χ1) is 20.7. The highest BCUT2D eigenvalue weighted by Gasteiger charge is 2.23. The van der Waals surface area contributed by atoms with Crippen molar-refractivity contribution in [1.29, 1.82) is 0 Å². The van der Waals surface area contributed by atoms with Crippen molar-refractivity contribution in [2.75, 3.05) is 19.4 Å². The summed E-state index contributed by atoms with van der Waals surface area (Å²) in [6, 6.07) is 0. The fraction of sp³-hybridized carbons (Fsp3) is 1.00. The molecule has 0 radical (unpaired) electrons. The molecular weight excluding hydrogens is 535 g/mol. The van der Waals surface area contributed by atoms with E-state index in [1.165, 1.54) is 186 Å². The van der Waals surface area contributed by atoms with Crippen LogP contribution in [0.1, 0.15) is 226 Å². The van der Waals surface area contributed by atoms with Crippen molar-refractivity contribution >= 4 is 7.60 Å². The van der Waals surface area contributed by atoms with E-state index in [0.29, 0.717) is 19.4 Å². The molecule has 0 amide bonds. The molecule has 0 aromatic heterocycles. The van der Waals surface area contributed by atoms with Gasteiger partial charge >= 0.3 is 7.60 Å². The molecule has 0 saturated carbocycles. The molecule has 3 nitrogen and oxygen atoms in total. The highest BCUT2D eigenvalue weighted by molar-refractivity contribution is 7.53. The van der Waals surface area contributed by atoms with Gasteiger partial charge in [0.1, 0.15) is 0 Å². The van der Waals surface area contributed by atoms with Gasteiger partial charge in [-0.1, -0.05) is 206 Å². The van der Waals surface area contributed by atoms with Crippen molar-refractivity contribution in [1.82, 2.24) is 0 Å². The monoisotopic (exact) mass is 615 g/mol. The summed E-state index contributed by atoms with van der Waals surface area (Å²) in [5.74, 6) is 0. The lowest BCUT2D eigenvalue weighted by Crippen LogP contribution is -2.02. The molecular formula is C38H79O3P. The maximum Gasteiger partial charge on any atom is 0.330 e. The Morgan fingerprint density at radius 3 is 0.881 bits per heavy atom. The SMILES string of the molecule is CCCCCCCCCCCCCCCCCCOP(=O)(CCCCCCCCCCCCCCCCCC)OCC. The van der Waals surface area contributed by atoms with Gasteiger partial charge in [-0.05, 0) is 19.8 Å². The second-order valence-corrected chi connectivity index (χ2v) is 15.4. The molecule has 1 atom stereocenters. The fourth-order valence-corrected chi connectivity index (χ4v) is 7.81. The third-order valence-electron chi connectivity index (χ3n) is 8.90. The molecule has 0 heterocycles. The molecule has 0 N–H and O–H groups in total. The standard InChI is InChI=1S/C38H79O3P/c1-4-7-9-11-13-15-17-19-21-23-25-27-29-31-33-35-37-41-42(39,40-6-3)38-36-34-32-30-28-26-24-22-20-18-16-14-12-10-8-5-2/h4-38H2,1-3H3. The van der Waals surface area contributed by atoms with E-state index in [1.54, 1.807) is 0 Å². The maximum atomic E-state index is 13.1. The Balaban J connectivity index is 3.49.